The van der Waals surface area contributed by atoms with Crippen LogP contribution in [-0.4, -0.2) is 35.0 Å². The van der Waals surface area contributed by atoms with E-state index in [2.05, 4.69) is 0 Å². The van der Waals surface area contributed by atoms with Crippen molar-refractivity contribution in [3.63, 3.8) is 0 Å². The molecule has 1 unspecified atom stereocenters. The Labute approximate surface area is 173 Å². The summed E-state index contributed by atoms with van der Waals surface area (Å²) in [6, 6.07) is 11.2. The molecule has 2 aromatic carbocycles. The fourth-order valence-corrected chi connectivity index (χ4v) is 3.76. The highest BCUT2D eigenvalue weighted by Gasteiger charge is 2.45. The Balaban J connectivity index is 1.83. The fourth-order valence-electron chi connectivity index (χ4n) is 3.63. The first-order valence-electron chi connectivity index (χ1n) is 9.45. The van der Waals surface area contributed by atoms with Gasteiger partial charge in [-0.3, -0.25) is 9.59 Å². The van der Waals surface area contributed by atoms with Crippen LogP contribution >= 0.6 is 11.6 Å². The number of unbranched alkanes of at least 4 members (excludes halogenated alkanes) is 1. The molecule has 0 spiro atoms. The molecular formula is C22H20ClNO5. The van der Waals surface area contributed by atoms with E-state index >= 15 is 0 Å². The maximum Gasteiger partial charge on any atom is 0.295 e. The van der Waals surface area contributed by atoms with E-state index < -0.39 is 17.7 Å². The number of ether oxygens (including phenoxy) is 2. The van der Waals surface area contributed by atoms with E-state index in [1.54, 1.807) is 42.5 Å². The standard InChI is InChI=1S/C22H20ClNO5/c1-2-3-10-24-19(13-4-7-15(23)8-5-13)18(21(26)22(24)27)20(25)14-6-9-16-17(11-14)29-12-28-16/h4-9,11,19,25H,2-3,10,12H2,1H3/b20-18-. The minimum absolute atomic E-state index is 0.0623. The first-order chi connectivity index (χ1) is 14.0. The van der Waals surface area contributed by atoms with Crippen molar-refractivity contribution in [3.8, 4) is 11.5 Å². The molecule has 2 heterocycles. The number of hydrogen-bond acceptors (Lipinski definition) is 5. The number of nitrogens with zero attached hydrogens (tertiary/aromatic N) is 1. The summed E-state index contributed by atoms with van der Waals surface area (Å²) in [4.78, 5) is 27.2. The zero-order valence-corrected chi connectivity index (χ0v) is 16.6. The summed E-state index contributed by atoms with van der Waals surface area (Å²) in [5, 5.41) is 11.6. The zero-order chi connectivity index (χ0) is 20.5. The van der Waals surface area contributed by atoms with Gasteiger partial charge in [-0.05, 0) is 42.3 Å². The molecule has 0 aliphatic carbocycles. The molecule has 150 valence electrons. The lowest BCUT2D eigenvalue weighted by molar-refractivity contribution is -0.139. The Bertz CT molecular complexity index is 999. The van der Waals surface area contributed by atoms with Crippen LogP contribution in [0.4, 0.5) is 0 Å². The Hall–Kier alpha value is -2.99. The monoisotopic (exact) mass is 413 g/mol. The van der Waals surface area contributed by atoms with Gasteiger partial charge < -0.3 is 19.5 Å². The number of amides is 1. The zero-order valence-electron chi connectivity index (χ0n) is 15.9. The SMILES string of the molecule is CCCCN1C(=O)C(=O)/C(=C(\O)c2ccc3c(c2)OCO3)C1c1ccc(Cl)cc1. The molecule has 0 aromatic heterocycles. The number of Topliss-reactive ketones (excluding diaryl/α,β-unsaturated/α-hetero) is 1. The third-order valence-electron chi connectivity index (χ3n) is 5.12. The van der Waals surface area contributed by atoms with E-state index in [1.807, 2.05) is 6.92 Å². The van der Waals surface area contributed by atoms with Crippen molar-refractivity contribution in [2.75, 3.05) is 13.3 Å². The summed E-state index contributed by atoms with van der Waals surface area (Å²) in [6.45, 7) is 2.54. The third kappa shape index (κ3) is 3.44. The lowest BCUT2D eigenvalue weighted by Gasteiger charge is -2.25. The van der Waals surface area contributed by atoms with Gasteiger partial charge in [-0.1, -0.05) is 37.1 Å². The summed E-state index contributed by atoms with van der Waals surface area (Å²) in [7, 11) is 0. The molecule has 0 saturated carbocycles. The Morgan fingerprint density at radius 1 is 1.14 bits per heavy atom. The first kappa shape index (κ1) is 19.3. The van der Waals surface area contributed by atoms with Gasteiger partial charge in [-0.15, -0.1) is 0 Å². The minimum atomic E-state index is -0.698. The van der Waals surface area contributed by atoms with Crippen LogP contribution in [0.25, 0.3) is 5.76 Å². The average Bonchev–Trinajstić information content (AvgIpc) is 3.29. The molecular weight excluding hydrogens is 394 g/mol. The number of benzene rings is 2. The molecule has 4 rings (SSSR count). The molecule has 1 N–H and O–H groups in total. The second-order valence-corrected chi connectivity index (χ2v) is 7.40. The number of likely N-dealkylation sites (tertiary alicyclic amines) is 1. The Morgan fingerprint density at radius 3 is 2.59 bits per heavy atom. The van der Waals surface area contributed by atoms with Gasteiger partial charge in [0, 0.05) is 17.1 Å². The van der Waals surface area contributed by atoms with Gasteiger partial charge in [0.1, 0.15) is 5.76 Å². The summed E-state index contributed by atoms with van der Waals surface area (Å²) in [5.74, 6) is -0.492. The number of aliphatic hydroxyl groups excluding tert-OH is 1. The molecule has 0 bridgehead atoms. The van der Waals surface area contributed by atoms with E-state index in [0.29, 0.717) is 34.2 Å². The molecule has 1 atom stereocenters. The van der Waals surface area contributed by atoms with Gasteiger partial charge in [0.15, 0.2) is 11.5 Å². The summed E-state index contributed by atoms with van der Waals surface area (Å²) >= 11 is 6.01. The quantitative estimate of drug-likeness (QED) is 0.449. The van der Waals surface area contributed by atoms with Gasteiger partial charge in [-0.2, -0.15) is 0 Å². The van der Waals surface area contributed by atoms with Crippen LogP contribution in [0.1, 0.15) is 36.9 Å². The van der Waals surface area contributed by atoms with Gasteiger partial charge in [0.05, 0.1) is 11.6 Å². The molecule has 2 aliphatic heterocycles. The van der Waals surface area contributed by atoms with Crippen LogP contribution in [0, 0.1) is 0 Å². The molecule has 2 aliphatic rings. The van der Waals surface area contributed by atoms with Gasteiger partial charge in [0.2, 0.25) is 6.79 Å². The van der Waals surface area contributed by atoms with Gasteiger partial charge >= 0.3 is 0 Å². The van der Waals surface area contributed by atoms with Crippen LogP contribution in [0.3, 0.4) is 0 Å². The second kappa shape index (κ2) is 7.79. The topological polar surface area (TPSA) is 76.1 Å². The van der Waals surface area contributed by atoms with E-state index in [1.165, 1.54) is 4.90 Å². The predicted molar refractivity (Wildman–Crippen MR) is 108 cm³/mol. The maximum absolute atomic E-state index is 12.9. The third-order valence-corrected chi connectivity index (χ3v) is 5.38. The molecule has 2 aromatic rings. The maximum atomic E-state index is 12.9. The second-order valence-electron chi connectivity index (χ2n) is 6.97. The number of ketones is 1. The normalized spacial score (nSPS) is 19.8. The molecule has 29 heavy (non-hydrogen) atoms. The summed E-state index contributed by atoms with van der Waals surface area (Å²) in [6.07, 6.45) is 1.62. The number of carbonyl (C=O) groups excluding carboxylic acids is 2. The number of hydrogen-bond donors (Lipinski definition) is 1. The van der Waals surface area contributed by atoms with Crippen molar-refractivity contribution >= 4 is 29.1 Å². The average molecular weight is 414 g/mol. The Morgan fingerprint density at radius 2 is 1.86 bits per heavy atom. The number of rotatable bonds is 5. The lowest BCUT2D eigenvalue weighted by atomic mass is 9.95. The number of aliphatic hydroxyl groups is 1. The van der Waals surface area contributed by atoms with Crippen molar-refractivity contribution in [2.45, 2.75) is 25.8 Å². The predicted octanol–water partition coefficient (Wildman–Crippen LogP) is 4.29. The number of halogens is 1. The largest absolute Gasteiger partial charge is 0.507 e. The van der Waals surface area contributed by atoms with Crippen molar-refractivity contribution in [1.29, 1.82) is 0 Å². The van der Waals surface area contributed by atoms with E-state index in [-0.39, 0.29) is 18.1 Å². The molecule has 7 heteroatoms. The lowest BCUT2D eigenvalue weighted by Crippen LogP contribution is -2.30. The van der Waals surface area contributed by atoms with Crippen molar-refractivity contribution in [3.05, 3.63) is 64.2 Å². The molecule has 1 amide bonds. The van der Waals surface area contributed by atoms with Gasteiger partial charge in [0.25, 0.3) is 11.7 Å². The fraction of sp³-hybridized carbons (Fsp3) is 0.273. The van der Waals surface area contributed by atoms with Crippen LogP contribution in [0.5, 0.6) is 11.5 Å². The smallest absolute Gasteiger partial charge is 0.295 e. The van der Waals surface area contributed by atoms with Crippen molar-refractivity contribution in [1.82, 2.24) is 4.90 Å². The summed E-state index contributed by atoms with van der Waals surface area (Å²) in [5.41, 5.74) is 1.17. The van der Waals surface area contributed by atoms with E-state index in [0.717, 1.165) is 12.8 Å². The van der Waals surface area contributed by atoms with Gasteiger partial charge in [-0.25, -0.2) is 0 Å². The molecule has 1 fully saturated rings. The highest BCUT2D eigenvalue weighted by atomic mass is 35.5. The summed E-state index contributed by atoms with van der Waals surface area (Å²) < 4.78 is 10.7. The van der Waals surface area contributed by atoms with E-state index in [4.69, 9.17) is 21.1 Å². The van der Waals surface area contributed by atoms with Crippen LogP contribution in [-0.2, 0) is 9.59 Å². The first-order valence-corrected chi connectivity index (χ1v) is 9.83. The molecule has 0 radical (unpaired) electrons. The Kier molecular flexibility index (Phi) is 5.20. The number of fused-ring (bicyclic) bond motifs is 1. The van der Waals surface area contributed by atoms with Crippen molar-refractivity contribution < 1.29 is 24.2 Å². The molecule has 1 saturated heterocycles. The highest BCUT2D eigenvalue weighted by molar-refractivity contribution is 6.46. The highest BCUT2D eigenvalue weighted by Crippen LogP contribution is 2.41. The van der Waals surface area contributed by atoms with E-state index in [9.17, 15) is 14.7 Å². The minimum Gasteiger partial charge on any atom is -0.507 e. The van der Waals surface area contributed by atoms with Crippen LogP contribution in [0.15, 0.2) is 48.0 Å². The van der Waals surface area contributed by atoms with Crippen LogP contribution in [0.2, 0.25) is 5.02 Å². The molecule has 6 nitrogen and oxygen atoms in total. The van der Waals surface area contributed by atoms with Crippen molar-refractivity contribution in [2.24, 2.45) is 0 Å². The number of carbonyl (C=O) groups is 2. The van der Waals surface area contributed by atoms with Crippen LogP contribution < -0.4 is 9.47 Å².